The summed E-state index contributed by atoms with van der Waals surface area (Å²) in [5, 5.41) is 12.3. The third-order valence-corrected chi connectivity index (χ3v) is 3.89. The summed E-state index contributed by atoms with van der Waals surface area (Å²) < 4.78 is 0. The first-order valence-corrected chi connectivity index (χ1v) is 7.20. The number of halogens is 1. The van der Waals surface area contributed by atoms with Crippen LogP contribution < -0.4 is 5.32 Å². The van der Waals surface area contributed by atoms with Crippen LogP contribution in [0.25, 0.3) is 0 Å². The molecule has 0 radical (unpaired) electrons. The molecule has 1 atom stereocenters. The fourth-order valence-electron chi connectivity index (χ4n) is 2.76. The summed E-state index contributed by atoms with van der Waals surface area (Å²) in [6.45, 7) is 3.86. The zero-order valence-corrected chi connectivity index (χ0v) is 13.1. The molecule has 1 N–H and O–H groups in total. The Bertz CT molecular complexity index is 621. The van der Waals surface area contributed by atoms with Crippen LogP contribution in [0.5, 0.6) is 0 Å². The van der Waals surface area contributed by atoms with E-state index in [0.29, 0.717) is 11.6 Å². The second kappa shape index (κ2) is 7.90. The first-order valence-electron chi connectivity index (χ1n) is 7.20. The molecule has 2 aromatic rings. The topological polar surface area (TPSA) is 52.0 Å². The number of nitrogens with zero attached hydrogens (tertiary/aromatic N) is 3. The van der Waals surface area contributed by atoms with E-state index in [1.807, 2.05) is 42.7 Å². The van der Waals surface area contributed by atoms with Crippen molar-refractivity contribution >= 4 is 12.4 Å². The van der Waals surface area contributed by atoms with Crippen molar-refractivity contribution in [1.29, 1.82) is 5.26 Å². The minimum Gasteiger partial charge on any atom is -0.314 e. The quantitative estimate of drug-likeness (QED) is 0.946. The zero-order chi connectivity index (χ0) is 14.5. The van der Waals surface area contributed by atoms with E-state index in [1.165, 1.54) is 11.1 Å². The van der Waals surface area contributed by atoms with Crippen molar-refractivity contribution in [3.8, 4) is 6.07 Å². The first kappa shape index (κ1) is 16.4. The number of benzene rings is 1. The maximum absolute atomic E-state index is 8.87. The lowest BCUT2D eigenvalue weighted by atomic mass is 10.0. The van der Waals surface area contributed by atoms with Gasteiger partial charge in [-0.3, -0.25) is 9.88 Å². The van der Waals surface area contributed by atoms with Crippen LogP contribution in [0.4, 0.5) is 0 Å². The lowest BCUT2D eigenvalue weighted by Crippen LogP contribution is -2.45. The van der Waals surface area contributed by atoms with Crippen LogP contribution in [-0.4, -0.2) is 29.5 Å². The number of aromatic nitrogens is 1. The van der Waals surface area contributed by atoms with Gasteiger partial charge in [0.2, 0.25) is 0 Å². The van der Waals surface area contributed by atoms with Gasteiger partial charge in [0.15, 0.2) is 0 Å². The molecule has 1 fully saturated rings. The van der Waals surface area contributed by atoms with E-state index in [4.69, 9.17) is 5.26 Å². The van der Waals surface area contributed by atoms with Crippen molar-refractivity contribution in [2.45, 2.75) is 12.6 Å². The fourth-order valence-corrected chi connectivity index (χ4v) is 2.76. The van der Waals surface area contributed by atoms with Gasteiger partial charge in [-0.15, -0.1) is 12.4 Å². The highest BCUT2D eigenvalue weighted by molar-refractivity contribution is 5.85. The van der Waals surface area contributed by atoms with Crippen molar-refractivity contribution in [2.24, 2.45) is 0 Å². The molecule has 0 spiro atoms. The van der Waals surface area contributed by atoms with Crippen molar-refractivity contribution in [3.63, 3.8) is 0 Å². The van der Waals surface area contributed by atoms with Crippen LogP contribution in [-0.2, 0) is 6.54 Å². The zero-order valence-electron chi connectivity index (χ0n) is 12.3. The molecule has 0 amide bonds. The van der Waals surface area contributed by atoms with E-state index in [-0.39, 0.29) is 12.4 Å². The molecule has 1 saturated heterocycles. The van der Waals surface area contributed by atoms with Gasteiger partial charge in [0.1, 0.15) is 0 Å². The van der Waals surface area contributed by atoms with Gasteiger partial charge in [0, 0.05) is 44.6 Å². The molecular weight excluding hydrogens is 296 g/mol. The highest BCUT2D eigenvalue weighted by Gasteiger charge is 2.23. The predicted molar refractivity (Wildman–Crippen MR) is 88.7 cm³/mol. The van der Waals surface area contributed by atoms with Crippen molar-refractivity contribution in [2.75, 3.05) is 19.6 Å². The van der Waals surface area contributed by atoms with E-state index in [2.05, 4.69) is 27.3 Å². The minimum absolute atomic E-state index is 0. The molecule has 1 aromatic heterocycles. The van der Waals surface area contributed by atoms with Crippen LogP contribution in [0.2, 0.25) is 0 Å². The van der Waals surface area contributed by atoms with Gasteiger partial charge in [-0.05, 0) is 29.3 Å². The number of piperazine rings is 1. The second-order valence-electron chi connectivity index (χ2n) is 5.29. The van der Waals surface area contributed by atoms with Crippen molar-refractivity contribution in [3.05, 3.63) is 65.5 Å². The Labute approximate surface area is 137 Å². The average Bonchev–Trinajstić information content (AvgIpc) is 2.57. The van der Waals surface area contributed by atoms with Crippen LogP contribution >= 0.6 is 12.4 Å². The molecule has 114 valence electrons. The Morgan fingerprint density at radius 3 is 2.77 bits per heavy atom. The summed E-state index contributed by atoms with van der Waals surface area (Å²) in [7, 11) is 0. The van der Waals surface area contributed by atoms with Crippen molar-refractivity contribution in [1.82, 2.24) is 15.2 Å². The van der Waals surface area contributed by atoms with Gasteiger partial charge in [-0.25, -0.2) is 0 Å². The highest BCUT2D eigenvalue weighted by atomic mass is 35.5. The van der Waals surface area contributed by atoms with E-state index in [1.54, 1.807) is 0 Å². The Morgan fingerprint density at radius 2 is 2.09 bits per heavy atom. The standard InChI is InChI=1S/C17H18N4.ClH/c18-10-14-3-5-15(6-4-14)13-21-9-8-20-12-17(21)16-2-1-7-19-11-16;/h1-7,11,17,20H,8-9,12-13H2;1H. The molecule has 1 aliphatic heterocycles. The smallest absolute Gasteiger partial charge is 0.0991 e. The molecule has 5 heteroatoms. The maximum Gasteiger partial charge on any atom is 0.0991 e. The van der Waals surface area contributed by atoms with Gasteiger partial charge < -0.3 is 5.32 Å². The van der Waals surface area contributed by atoms with E-state index in [0.717, 1.165) is 26.2 Å². The molecule has 0 aliphatic carbocycles. The SMILES string of the molecule is Cl.N#Cc1ccc(CN2CCNCC2c2cccnc2)cc1. The molecule has 3 rings (SSSR count). The maximum atomic E-state index is 8.87. The molecule has 2 heterocycles. The fraction of sp³-hybridized carbons (Fsp3) is 0.294. The molecule has 22 heavy (non-hydrogen) atoms. The third-order valence-electron chi connectivity index (χ3n) is 3.89. The van der Waals surface area contributed by atoms with Crippen LogP contribution in [0.1, 0.15) is 22.7 Å². The lowest BCUT2D eigenvalue weighted by Gasteiger charge is -2.36. The van der Waals surface area contributed by atoms with E-state index >= 15 is 0 Å². The summed E-state index contributed by atoms with van der Waals surface area (Å²) >= 11 is 0. The summed E-state index contributed by atoms with van der Waals surface area (Å²) in [5.74, 6) is 0. The average molecular weight is 315 g/mol. The molecule has 4 nitrogen and oxygen atoms in total. The molecular formula is C17H19ClN4. The van der Waals surface area contributed by atoms with E-state index < -0.39 is 0 Å². The van der Waals surface area contributed by atoms with Gasteiger partial charge in [0.25, 0.3) is 0 Å². The highest BCUT2D eigenvalue weighted by Crippen LogP contribution is 2.23. The Morgan fingerprint density at radius 1 is 1.27 bits per heavy atom. The summed E-state index contributed by atoms with van der Waals surface area (Å²) in [6, 6.07) is 14.5. The number of hydrogen-bond donors (Lipinski definition) is 1. The first-order chi connectivity index (χ1) is 10.4. The molecule has 1 aromatic carbocycles. The van der Waals surface area contributed by atoms with Gasteiger partial charge in [0.05, 0.1) is 11.6 Å². The summed E-state index contributed by atoms with van der Waals surface area (Å²) in [5.41, 5.74) is 3.20. The van der Waals surface area contributed by atoms with Gasteiger partial charge in [-0.1, -0.05) is 18.2 Å². The number of rotatable bonds is 3. The third kappa shape index (κ3) is 3.83. The predicted octanol–water partition coefficient (Wildman–Crippen LogP) is 2.52. The molecule has 1 unspecified atom stereocenters. The summed E-state index contributed by atoms with van der Waals surface area (Å²) in [6.07, 6.45) is 3.76. The van der Waals surface area contributed by atoms with Gasteiger partial charge in [-0.2, -0.15) is 5.26 Å². The summed E-state index contributed by atoms with van der Waals surface area (Å²) in [4.78, 5) is 6.70. The largest absolute Gasteiger partial charge is 0.314 e. The monoisotopic (exact) mass is 314 g/mol. The normalized spacial score (nSPS) is 18.2. The number of nitrogens with one attached hydrogen (secondary N) is 1. The number of nitriles is 1. The van der Waals surface area contributed by atoms with Gasteiger partial charge >= 0.3 is 0 Å². The lowest BCUT2D eigenvalue weighted by molar-refractivity contribution is 0.153. The van der Waals surface area contributed by atoms with E-state index in [9.17, 15) is 0 Å². The molecule has 0 saturated carbocycles. The number of hydrogen-bond acceptors (Lipinski definition) is 4. The Balaban J connectivity index is 0.00000176. The van der Waals surface area contributed by atoms with Crippen LogP contribution in [0.15, 0.2) is 48.8 Å². The Hall–Kier alpha value is -1.93. The minimum atomic E-state index is 0. The number of pyridine rings is 1. The molecule has 0 bridgehead atoms. The second-order valence-corrected chi connectivity index (χ2v) is 5.29. The molecule has 1 aliphatic rings. The Kier molecular flexibility index (Phi) is 5.91. The van der Waals surface area contributed by atoms with Crippen LogP contribution in [0.3, 0.4) is 0 Å². The van der Waals surface area contributed by atoms with Crippen LogP contribution in [0, 0.1) is 11.3 Å². The van der Waals surface area contributed by atoms with Crippen molar-refractivity contribution < 1.29 is 0 Å².